The lowest BCUT2D eigenvalue weighted by Gasteiger charge is -2.28. The molecule has 0 spiro atoms. The van der Waals surface area contributed by atoms with Gasteiger partial charge in [-0.25, -0.2) is 4.79 Å². The van der Waals surface area contributed by atoms with Gasteiger partial charge in [0, 0.05) is 13.1 Å². The van der Waals surface area contributed by atoms with Crippen LogP contribution in [0.3, 0.4) is 0 Å². The Labute approximate surface area is 218 Å². The monoisotopic (exact) mass is 497 g/mol. The number of hydrogen-bond acceptors (Lipinski definition) is 4. The van der Waals surface area contributed by atoms with E-state index in [-0.39, 0.29) is 11.9 Å². The van der Waals surface area contributed by atoms with E-state index in [2.05, 4.69) is 61.4 Å². The van der Waals surface area contributed by atoms with Crippen LogP contribution in [0, 0.1) is 11.8 Å². The zero-order valence-corrected chi connectivity index (χ0v) is 23.6. The zero-order valence-electron chi connectivity index (χ0n) is 23.6. The van der Waals surface area contributed by atoms with Crippen LogP contribution in [-0.4, -0.2) is 48.2 Å². The fraction of sp³-hybridized carbons (Fsp3) is 0.600. The molecule has 0 aromatic heterocycles. The Morgan fingerprint density at radius 2 is 1.50 bits per heavy atom. The lowest BCUT2D eigenvalue weighted by molar-refractivity contribution is -0.124. The number of fused-ring (bicyclic) bond motifs is 1. The van der Waals surface area contributed by atoms with Crippen LogP contribution < -0.4 is 10.6 Å². The first kappa shape index (κ1) is 29.6. The minimum atomic E-state index is -0.669. The smallest absolute Gasteiger partial charge is 0.408 e. The van der Waals surface area contributed by atoms with Crippen molar-refractivity contribution in [1.82, 2.24) is 15.5 Å². The molecule has 0 fully saturated rings. The van der Waals surface area contributed by atoms with E-state index in [0.29, 0.717) is 18.3 Å². The maximum Gasteiger partial charge on any atom is 0.408 e. The lowest BCUT2D eigenvalue weighted by atomic mass is 9.99. The number of nitrogens with one attached hydrogen (secondary N) is 2. The third-order valence-corrected chi connectivity index (χ3v) is 5.87. The largest absolute Gasteiger partial charge is 0.444 e. The van der Waals surface area contributed by atoms with Gasteiger partial charge >= 0.3 is 6.09 Å². The molecular formula is C30H47N3O3. The lowest BCUT2D eigenvalue weighted by Crippen LogP contribution is -2.49. The second kappa shape index (κ2) is 13.6. The molecule has 200 valence electrons. The normalized spacial score (nSPS) is 13.8. The molecule has 0 heterocycles. The second-order valence-corrected chi connectivity index (χ2v) is 11.7. The summed E-state index contributed by atoms with van der Waals surface area (Å²) < 4.78 is 5.46. The Balaban J connectivity index is 2.12. The third kappa shape index (κ3) is 10.2. The van der Waals surface area contributed by atoms with Gasteiger partial charge in [-0.3, -0.25) is 4.79 Å². The molecule has 36 heavy (non-hydrogen) atoms. The van der Waals surface area contributed by atoms with E-state index in [9.17, 15) is 9.59 Å². The summed E-state index contributed by atoms with van der Waals surface area (Å²) in [6.45, 7) is 19.3. The predicted octanol–water partition coefficient (Wildman–Crippen LogP) is 6.30. The minimum absolute atomic E-state index is 0.194. The molecule has 0 saturated heterocycles. The number of ether oxygens (including phenoxy) is 1. The van der Waals surface area contributed by atoms with Crippen LogP contribution in [0.4, 0.5) is 4.79 Å². The average Bonchev–Trinajstić information content (AvgIpc) is 2.75. The molecule has 0 aliphatic heterocycles. The SMILES string of the molecule is CC(C)CN(CCCC(NC(=O)OC(C)(C)C)C(=O)NC(C)c1cccc2ccccc12)CC(C)C. The number of carbonyl (C=O) groups is 2. The maximum absolute atomic E-state index is 13.4. The van der Waals surface area contributed by atoms with E-state index in [1.54, 1.807) is 0 Å². The van der Waals surface area contributed by atoms with Crippen LogP contribution in [0.25, 0.3) is 10.8 Å². The van der Waals surface area contributed by atoms with Gasteiger partial charge in [-0.2, -0.15) is 0 Å². The van der Waals surface area contributed by atoms with Crippen LogP contribution in [-0.2, 0) is 9.53 Å². The van der Waals surface area contributed by atoms with Gasteiger partial charge in [0.25, 0.3) is 0 Å². The highest BCUT2D eigenvalue weighted by Crippen LogP contribution is 2.24. The molecule has 0 saturated carbocycles. The highest BCUT2D eigenvalue weighted by atomic mass is 16.6. The van der Waals surface area contributed by atoms with E-state index < -0.39 is 17.7 Å². The molecule has 2 rings (SSSR count). The van der Waals surface area contributed by atoms with Crippen molar-refractivity contribution in [3.8, 4) is 0 Å². The van der Waals surface area contributed by atoms with Gasteiger partial charge in [0.05, 0.1) is 6.04 Å². The van der Waals surface area contributed by atoms with Crippen molar-refractivity contribution < 1.29 is 14.3 Å². The zero-order chi connectivity index (χ0) is 26.9. The molecule has 2 amide bonds. The summed E-state index contributed by atoms with van der Waals surface area (Å²) in [6, 6.07) is 13.4. The van der Waals surface area contributed by atoms with Crippen LogP contribution in [0.15, 0.2) is 42.5 Å². The van der Waals surface area contributed by atoms with Crippen molar-refractivity contribution in [2.75, 3.05) is 19.6 Å². The summed E-state index contributed by atoms with van der Waals surface area (Å²) in [7, 11) is 0. The quantitative estimate of drug-likeness (QED) is 0.361. The third-order valence-electron chi connectivity index (χ3n) is 5.87. The molecule has 0 radical (unpaired) electrons. The van der Waals surface area contributed by atoms with E-state index in [1.165, 1.54) is 0 Å². The Kier molecular flexibility index (Phi) is 11.2. The first-order valence-corrected chi connectivity index (χ1v) is 13.4. The van der Waals surface area contributed by atoms with Crippen molar-refractivity contribution in [2.24, 2.45) is 11.8 Å². The van der Waals surface area contributed by atoms with Gasteiger partial charge in [-0.15, -0.1) is 0 Å². The average molecular weight is 498 g/mol. The molecule has 0 aliphatic carbocycles. The summed E-state index contributed by atoms with van der Waals surface area (Å²) in [4.78, 5) is 28.4. The second-order valence-electron chi connectivity index (χ2n) is 11.7. The Hall–Kier alpha value is -2.60. The topological polar surface area (TPSA) is 70.7 Å². The van der Waals surface area contributed by atoms with Crippen LogP contribution >= 0.6 is 0 Å². The van der Waals surface area contributed by atoms with Crippen molar-refractivity contribution in [3.05, 3.63) is 48.0 Å². The van der Waals surface area contributed by atoms with E-state index in [1.807, 2.05) is 52.0 Å². The molecule has 2 N–H and O–H groups in total. The minimum Gasteiger partial charge on any atom is -0.444 e. The van der Waals surface area contributed by atoms with Gasteiger partial charge in [0.15, 0.2) is 0 Å². The molecule has 6 nitrogen and oxygen atoms in total. The standard InChI is InChI=1S/C30H47N3O3/c1-21(2)19-33(20-22(3)4)18-12-17-27(32-29(35)36-30(6,7)8)28(34)31-23(5)25-16-11-14-24-13-9-10-15-26(24)25/h9-11,13-16,21-23,27H,12,17-20H2,1-8H3,(H,31,34)(H,32,35). The summed E-state index contributed by atoms with van der Waals surface area (Å²) >= 11 is 0. The molecule has 2 atom stereocenters. The van der Waals surface area contributed by atoms with Crippen LogP contribution in [0.5, 0.6) is 0 Å². The van der Waals surface area contributed by atoms with Gasteiger partial charge in [-0.1, -0.05) is 70.2 Å². The molecular weight excluding hydrogens is 450 g/mol. The Morgan fingerprint density at radius 1 is 0.889 bits per heavy atom. The summed E-state index contributed by atoms with van der Waals surface area (Å²) in [6.07, 6.45) is 0.775. The van der Waals surface area contributed by atoms with Gasteiger partial charge in [-0.05, 0) is 75.3 Å². The highest BCUT2D eigenvalue weighted by molar-refractivity contribution is 5.88. The molecule has 2 aromatic carbocycles. The number of amides is 2. The molecule has 6 heteroatoms. The van der Waals surface area contributed by atoms with E-state index >= 15 is 0 Å². The molecule has 2 unspecified atom stereocenters. The predicted molar refractivity (Wildman–Crippen MR) is 149 cm³/mol. The van der Waals surface area contributed by atoms with Crippen molar-refractivity contribution in [2.45, 2.75) is 85.9 Å². The fourth-order valence-electron chi connectivity index (χ4n) is 4.55. The highest BCUT2D eigenvalue weighted by Gasteiger charge is 2.26. The molecule has 0 aliphatic rings. The first-order chi connectivity index (χ1) is 16.9. The number of benzene rings is 2. The maximum atomic E-state index is 13.4. The van der Waals surface area contributed by atoms with E-state index in [0.717, 1.165) is 42.4 Å². The molecule has 0 bridgehead atoms. The summed E-state index contributed by atoms with van der Waals surface area (Å²) in [5.74, 6) is 0.953. The Bertz CT molecular complexity index is 966. The van der Waals surface area contributed by atoms with E-state index in [4.69, 9.17) is 4.74 Å². The fourth-order valence-corrected chi connectivity index (χ4v) is 4.55. The number of alkyl carbamates (subject to hydrolysis) is 1. The number of hydrogen-bond donors (Lipinski definition) is 2. The molecule has 2 aromatic rings. The Morgan fingerprint density at radius 3 is 2.11 bits per heavy atom. The van der Waals surface area contributed by atoms with Crippen molar-refractivity contribution >= 4 is 22.8 Å². The number of rotatable bonds is 12. The van der Waals surface area contributed by atoms with Crippen molar-refractivity contribution in [1.29, 1.82) is 0 Å². The number of nitrogens with zero attached hydrogens (tertiary/aromatic N) is 1. The van der Waals surface area contributed by atoms with Gasteiger partial charge in [0.1, 0.15) is 11.6 Å². The van der Waals surface area contributed by atoms with Crippen LogP contribution in [0.2, 0.25) is 0 Å². The van der Waals surface area contributed by atoms with Crippen LogP contribution in [0.1, 0.15) is 79.8 Å². The number of carbonyl (C=O) groups excluding carboxylic acids is 2. The first-order valence-electron chi connectivity index (χ1n) is 13.4. The van der Waals surface area contributed by atoms with Gasteiger partial charge < -0.3 is 20.3 Å². The van der Waals surface area contributed by atoms with Gasteiger partial charge in [0.2, 0.25) is 5.91 Å². The van der Waals surface area contributed by atoms with Crippen molar-refractivity contribution in [3.63, 3.8) is 0 Å². The summed E-state index contributed by atoms with van der Waals surface area (Å²) in [5.41, 5.74) is 0.421. The summed E-state index contributed by atoms with van der Waals surface area (Å²) in [5, 5.41) is 8.21.